The van der Waals surface area contributed by atoms with Crippen LogP contribution < -0.4 is 10.2 Å². The normalized spacial score (nSPS) is 15.7. The molecule has 1 saturated heterocycles. The monoisotopic (exact) mass is 306 g/mol. The van der Waals surface area contributed by atoms with Gasteiger partial charge in [-0.1, -0.05) is 0 Å². The van der Waals surface area contributed by atoms with Gasteiger partial charge in [0.2, 0.25) is 5.91 Å². The van der Waals surface area contributed by atoms with Crippen LogP contribution in [-0.4, -0.2) is 49.2 Å². The first-order valence-electron chi connectivity index (χ1n) is 6.97. The second-order valence-corrected chi connectivity index (χ2v) is 4.97. The quantitative estimate of drug-likeness (QED) is 0.804. The minimum absolute atomic E-state index is 0.0848. The standard InChI is InChI=1S/C15H18N2O5/c1-22-12(15(20)21)9-16-14(19)10-4-6-11(7-5-10)17-8-2-3-13(17)18/h4-7,12H,2-3,8-9H2,1H3,(H,16,19)(H,20,21). The van der Waals surface area contributed by atoms with Gasteiger partial charge in [-0.15, -0.1) is 0 Å². The van der Waals surface area contributed by atoms with Crippen molar-refractivity contribution in [2.75, 3.05) is 25.1 Å². The Hall–Kier alpha value is -2.41. The van der Waals surface area contributed by atoms with Gasteiger partial charge in [0.25, 0.3) is 5.91 Å². The highest BCUT2D eigenvalue weighted by Crippen LogP contribution is 2.21. The average molecular weight is 306 g/mol. The highest BCUT2D eigenvalue weighted by molar-refractivity contribution is 5.97. The SMILES string of the molecule is COC(CNC(=O)c1ccc(N2CCCC2=O)cc1)C(=O)O. The van der Waals surface area contributed by atoms with E-state index in [1.807, 2.05) is 0 Å². The van der Waals surface area contributed by atoms with Gasteiger partial charge in [-0.2, -0.15) is 0 Å². The zero-order valence-electron chi connectivity index (χ0n) is 12.2. The van der Waals surface area contributed by atoms with Crippen LogP contribution in [0.2, 0.25) is 0 Å². The summed E-state index contributed by atoms with van der Waals surface area (Å²) in [7, 11) is 1.27. The Morgan fingerprint density at radius 1 is 1.36 bits per heavy atom. The lowest BCUT2D eigenvalue weighted by molar-refractivity contribution is -0.148. The summed E-state index contributed by atoms with van der Waals surface area (Å²) in [6.45, 7) is 0.579. The van der Waals surface area contributed by atoms with Crippen molar-refractivity contribution in [1.82, 2.24) is 5.32 Å². The summed E-state index contributed by atoms with van der Waals surface area (Å²) < 4.78 is 4.74. The molecule has 7 nitrogen and oxygen atoms in total. The molecular weight excluding hydrogens is 288 g/mol. The largest absolute Gasteiger partial charge is 0.479 e. The van der Waals surface area contributed by atoms with Crippen LogP contribution in [0.1, 0.15) is 23.2 Å². The Kier molecular flexibility index (Phi) is 5.11. The summed E-state index contributed by atoms with van der Waals surface area (Å²) in [6, 6.07) is 6.64. The fourth-order valence-corrected chi connectivity index (χ4v) is 2.27. The number of nitrogens with zero attached hydrogens (tertiary/aromatic N) is 1. The van der Waals surface area contributed by atoms with E-state index in [2.05, 4.69) is 5.32 Å². The predicted octanol–water partition coefficient (Wildman–Crippen LogP) is 0.643. The van der Waals surface area contributed by atoms with Crippen molar-refractivity contribution in [2.24, 2.45) is 0 Å². The molecule has 1 aliphatic heterocycles. The van der Waals surface area contributed by atoms with E-state index in [9.17, 15) is 14.4 Å². The maximum atomic E-state index is 11.9. The summed E-state index contributed by atoms with van der Waals surface area (Å²) in [5, 5.41) is 11.3. The van der Waals surface area contributed by atoms with E-state index in [1.54, 1.807) is 29.2 Å². The third-order valence-corrected chi connectivity index (χ3v) is 3.52. The van der Waals surface area contributed by atoms with Crippen LogP contribution in [-0.2, 0) is 14.3 Å². The minimum atomic E-state index is -1.13. The van der Waals surface area contributed by atoms with Gasteiger partial charge in [0.1, 0.15) is 0 Å². The van der Waals surface area contributed by atoms with Gasteiger partial charge < -0.3 is 20.1 Å². The van der Waals surface area contributed by atoms with Crippen LogP contribution >= 0.6 is 0 Å². The number of rotatable bonds is 6. The summed E-state index contributed by atoms with van der Waals surface area (Å²) in [4.78, 5) is 36.1. The molecule has 1 unspecified atom stereocenters. The zero-order chi connectivity index (χ0) is 16.1. The van der Waals surface area contributed by atoms with Crippen molar-refractivity contribution in [1.29, 1.82) is 0 Å². The highest BCUT2D eigenvalue weighted by atomic mass is 16.5. The van der Waals surface area contributed by atoms with E-state index in [1.165, 1.54) is 7.11 Å². The summed E-state index contributed by atoms with van der Waals surface area (Å²) in [6.07, 6.45) is 0.315. The average Bonchev–Trinajstić information content (AvgIpc) is 2.93. The molecule has 7 heteroatoms. The highest BCUT2D eigenvalue weighted by Gasteiger charge is 2.22. The van der Waals surface area contributed by atoms with Gasteiger partial charge >= 0.3 is 5.97 Å². The van der Waals surface area contributed by atoms with Gasteiger partial charge in [-0.25, -0.2) is 4.79 Å². The van der Waals surface area contributed by atoms with E-state index >= 15 is 0 Å². The van der Waals surface area contributed by atoms with E-state index in [0.29, 0.717) is 18.5 Å². The first-order valence-corrected chi connectivity index (χ1v) is 6.97. The molecule has 1 aromatic carbocycles. The van der Waals surface area contributed by atoms with Crippen LogP contribution in [0.5, 0.6) is 0 Å². The summed E-state index contributed by atoms with van der Waals surface area (Å²) in [5.74, 6) is -1.44. The third kappa shape index (κ3) is 3.62. The molecule has 0 aliphatic carbocycles. The Labute approximate surface area is 127 Å². The Morgan fingerprint density at radius 2 is 2.05 bits per heavy atom. The lowest BCUT2D eigenvalue weighted by Crippen LogP contribution is -2.37. The first-order chi connectivity index (χ1) is 10.5. The molecule has 0 spiro atoms. The number of carboxylic acid groups (broad SMARTS) is 1. The van der Waals surface area contributed by atoms with E-state index < -0.39 is 12.1 Å². The Balaban J connectivity index is 1.96. The topological polar surface area (TPSA) is 95.9 Å². The number of benzene rings is 1. The van der Waals surface area contributed by atoms with Crippen molar-refractivity contribution in [3.63, 3.8) is 0 Å². The zero-order valence-corrected chi connectivity index (χ0v) is 12.2. The molecule has 0 bridgehead atoms. The van der Waals surface area contributed by atoms with Crippen molar-refractivity contribution in [2.45, 2.75) is 18.9 Å². The lowest BCUT2D eigenvalue weighted by Gasteiger charge is -2.16. The molecule has 0 saturated carbocycles. The molecule has 1 atom stereocenters. The molecule has 2 amide bonds. The maximum absolute atomic E-state index is 11.9. The third-order valence-electron chi connectivity index (χ3n) is 3.52. The number of carbonyl (C=O) groups is 3. The molecule has 1 fully saturated rings. The maximum Gasteiger partial charge on any atom is 0.334 e. The fourth-order valence-electron chi connectivity index (χ4n) is 2.27. The van der Waals surface area contributed by atoms with Crippen LogP contribution in [0.3, 0.4) is 0 Å². The molecular formula is C15H18N2O5. The smallest absolute Gasteiger partial charge is 0.334 e. The molecule has 0 radical (unpaired) electrons. The van der Waals surface area contributed by atoms with Crippen molar-refractivity contribution >= 4 is 23.5 Å². The fraction of sp³-hybridized carbons (Fsp3) is 0.400. The van der Waals surface area contributed by atoms with Crippen LogP contribution in [0.4, 0.5) is 5.69 Å². The van der Waals surface area contributed by atoms with Crippen molar-refractivity contribution in [3.05, 3.63) is 29.8 Å². The van der Waals surface area contributed by atoms with Crippen LogP contribution in [0.15, 0.2) is 24.3 Å². The number of nitrogens with one attached hydrogen (secondary N) is 1. The number of carboxylic acids is 1. The number of hydrogen-bond donors (Lipinski definition) is 2. The number of aliphatic carboxylic acids is 1. The van der Waals surface area contributed by atoms with Crippen LogP contribution in [0, 0.1) is 0 Å². The number of methoxy groups -OCH3 is 1. The van der Waals surface area contributed by atoms with Gasteiger partial charge in [0, 0.05) is 31.3 Å². The van der Waals surface area contributed by atoms with Crippen molar-refractivity contribution in [3.8, 4) is 0 Å². The van der Waals surface area contributed by atoms with Gasteiger partial charge in [0.15, 0.2) is 6.10 Å². The minimum Gasteiger partial charge on any atom is -0.479 e. The molecule has 0 aromatic heterocycles. The number of ether oxygens (including phenoxy) is 1. The van der Waals surface area contributed by atoms with Crippen LogP contribution in [0.25, 0.3) is 0 Å². The van der Waals surface area contributed by atoms with Gasteiger partial charge in [-0.05, 0) is 30.7 Å². The molecule has 1 heterocycles. The molecule has 22 heavy (non-hydrogen) atoms. The van der Waals surface area contributed by atoms with Gasteiger partial charge in [0.05, 0.1) is 6.54 Å². The second-order valence-electron chi connectivity index (χ2n) is 4.97. The Morgan fingerprint density at radius 3 is 2.55 bits per heavy atom. The molecule has 2 N–H and O–H groups in total. The number of carbonyl (C=O) groups excluding carboxylic acids is 2. The number of hydrogen-bond acceptors (Lipinski definition) is 4. The Bertz CT molecular complexity index is 570. The summed E-state index contributed by atoms with van der Waals surface area (Å²) in [5.41, 5.74) is 1.16. The predicted molar refractivity (Wildman–Crippen MR) is 78.8 cm³/mol. The second kappa shape index (κ2) is 7.04. The molecule has 118 valence electrons. The number of anilines is 1. The van der Waals surface area contributed by atoms with E-state index in [0.717, 1.165) is 12.1 Å². The molecule has 1 aromatic rings. The molecule has 2 rings (SSSR count). The first kappa shape index (κ1) is 16.0. The lowest BCUT2D eigenvalue weighted by atomic mass is 10.2. The van der Waals surface area contributed by atoms with E-state index in [4.69, 9.17) is 9.84 Å². The number of amides is 2. The van der Waals surface area contributed by atoms with Gasteiger partial charge in [-0.3, -0.25) is 9.59 Å². The molecule has 1 aliphatic rings. The van der Waals surface area contributed by atoms with E-state index in [-0.39, 0.29) is 18.4 Å². The summed E-state index contributed by atoms with van der Waals surface area (Å²) >= 11 is 0. The van der Waals surface area contributed by atoms with Crippen molar-refractivity contribution < 1.29 is 24.2 Å².